The van der Waals surface area contributed by atoms with Gasteiger partial charge in [0.2, 0.25) is 0 Å². The van der Waals surface area contributed by atoms with Gasteiger partial charge in [-0.25, -0.2) is 0 Å². The molecule has 1 atom stereocenters. The number of aromatic nitrogens is 1. The molecule has 1 aromatic heterocycles. The van der Waals surface area contributed by atoms with Crippen LogP contribution in [0.15, 0.2) is 36.7 Å². The van der Waals surface area contributed by atoms with E-state index in [4.69, 9.17) is 4.74 Å². The lowest BCUT2D eigenvalue weighted by molar-refractivity contribution is 0.112. The van der Waals surface area contributed by atoms with Gasteiger partial charge in [0.25, 0.3) is 0 Å². The summed E-state index contributed by atoms with van der Waals surface area (Å²) in [5.74, 6) is 0.567. The van der Waals surface area contributed by atoms with Gasteiger partial charge < -0.3 is 4.74 Å². The van der Waals surface area contributed by atoms with E-state index < -0.39 is 0 Å². The summed E-state index contributed by atoms with van der Waals surface area (Å²) in [5.41, 5.74) is 3.53. The molecule has 19 heavy (non-hydrogen) atoms. The monoisotopic (exact) mass is 254 g/mol. The van der Waals surface area contributed by atoms with Crippen molar-refractivity contribution in [3.05, 3.63) is 65.8 Å². The summed E-state index contributed by atoms with van der Waals surface area (Å²) in [4.78, 5) is 15.3. The molecule has 0 aliphatic carbocycles. The molecule has 1 radical (unpaired) electrons. The summed E-state index contributed by atoms with van der Waals surface area (Å²) in [7, 11) is 1.60. The van der Waals surface area contributed by atoms with Crippen LogP contribution in [0.2, 0.25) is 0 Å². The smallest absolute Gasteiger partial charge is 0.150 e. The zero-order valence-electron chi connectivity index (χ0n) is 11.1. The van der Waals surface area contributed by atoms with Gasteiger partial charge in [-0.2, -0.15) is 0 Å². The largest absolute Gasteiger partial charge is 0.497 e. The Bertz CT molecular complexity index is 593. The highest BCUT2D eigenvalue weighted by Gasteiger charge is 2.14. The van der Waals surface area contributed by atoms with Crippen molar-refractivity contribution in [3.8, 4) is 5.75 Å². The number of aldehydes is 1. The van der Waals surface area contributed by atoms with Crippen LogP contribution >= 0.6 is 0 Å². The van der Waals surface area contributed by atoms with Crippen molar-refractivity contribution in [1.29, 1.82) is 0 Å². The third-order valence-corrected chi connectivity index (χ3v) is 3.09. The fourth-order valence-corrected chi connectivity index (χ4v) is 2.04. The van der Waals surface area contributed by atoms with Crippen LogP contribution in [0, 0.1) is 13.8 Å². The normalized spacial score (nSPS) is 11.9. The number of nitrogens with zero attached hydrogens (tertiary/aromatic N) is 1. The van der Waals surface area contributed by atoms with E-state index in [0.29, 0.717) is 5.56 Å². The van der Waals surface area contributed by atoms with E-state index in [1.807, 2.05) is 19.1 Å². The Kier molecular flexibility index (Phi) is 3.95. The summed E-state index contributed by atoms with van der Waals surface area (Å²) in [6.45, 7) is 6.13. The molecule has 0 saturated heterocycles. The molecule has 0 N–H and O–H groups in total. The number of rotatable bonds is 4. The van der Waals surface area contributed by atoms with E-state index in [2.05, 4.69) is 11.9 Å². The van der Waals surface area contributed by atoms with E-state index in [1.54, 1.807) is 31.6 Å². The maximum absolute atomic E-state index is 11.1. The lowest BCUT2D eigenvalue weighted by atomic mass is 9.90. The van der Waals surface area contributed by atoms with E-state index in [1.165, 1.54) is 0 Å². The maximum atomic E-state index is 11.1. The SMILES string of the molecule is [CH2]C(c1cncc(C)c1)c1cc(OC)ccc1C=O. The van der Waals surface area contributed by atoms with Crippen LogP contribution in [0.5, 0.6) is 5.75 Å². The second kappa shape index (κ2) is 5.65. The minimum atomic E-state index is -0.150. The third kappa shape index (κ3) is 2.81. The molecule has 1 aromatic carbocycles. The molecule has 2 rings (SSSR count). The molecule has 2 aromatic rings. The highest BCUT2D eigenvalue weighted by Crippen LogP contribution is 2.29. The number of aryl methyl sites for hydroxylation is 1. The van der Waals surface area contributed by atoms with Gasteiger partial charge in [0, 0.05) is 23.9 Å². The average molecular weight is 254 g/mol. The predicted octanol–water partition coefficient (Wildman–Crippen LogP) is 3.18. The summed E-state index contributed by atoms with van der Waals surface area (Å²) in [5, 5.41) is 0. The maximum Gasteiger partial charge on any atom is 0.150 e. The first-order valence-corrected chi connectivity index (χ1v) is 6.03. The summed E-state index contributed by atoms with van der Waals surface area (Å²) in [6.07, 6.45) is 4.41. The van der Waals surface area contributed by atoms with E-state index >= 15 is 0 Å². The van der Waals surface area contributed by atoms with Gasteiger partial charge in [0.1, 0.15) is 12.0 Å². The number of ether oxygens (including phenoxy) is 1. The van der Waals surface area contributed by atoms with Crippen molar-refractivity contribution in [1.82, 2.24) is 4.98 Å². The molecule has 97 valence electrons. The Morgan fingerprint density at radius 3 is 2.74 bits per heavy atom. The molecule has 3 nitrogen and oxygen atoms in total. The molecule has 0 amide bonds. The molecule has 0 saturated carbocycles. The fraction of sp³-hybridized carbons (Fsp3) is 0.188. The van der Waals surface area contributed by atoms with Gasteiger partial charge in [-0.1, -0.05) is 6.07 Å². The second-order valence-electron chi connectivity index (χ2n) is 4.46. The Balaban J connectivity index is 2.47. The number of hydrogen-bond acceptors (Lipinski definition) is 3. The third-order valence-electron chi connectivity index (χ3n) is 3.09. The van der Waals surface area contributed by atoms with Crippen molar-refractivity contribution in [2.75, 3.05) is 7.11 Å². The number of hydrogen-bond donors (Lipinski definition) is 0. The molecule has 0 aliphatic heterocycles. The lowest BCUT2D eigenvalue weighted by Gasteiger charge is -2.15. The zero-order valence-corrected chi connectivity index (χ0v) is 11.1. The van der Waals surface area contributed by atoms with Crippen LogP contribution in [-0.4, -0.2) is 18.4 Å². The average Bonchev–Trinajstić information content (AvgIpc) is 2.45. The quantitative estimate of drug-likeness (QED) is 0.787. The van der Waals surface area contributed by atoms with Crippen LogP contribution < -0.4 is 4.74 Å². The van der Waals surface area contributed by atoms with Crippen LogP contribution in [0.25, 0.3) is 0 Å². The molecular formula is C16H16NO2. The van der Waals surface area contributed by atoms with Crippen molar-refractivity contribution in [2.45, 2.75) is 12.8 Å². The first kappa shape index (κ1) is 13.3. The van der Waals surface area contributed by atoms with Crippen LogP contribution in [-0.2, 0) is 0 Å². The van der Waals surface area contributed by atoms with Crippen molar-refractivity contribution >= 4 is 6.29 Å². The standard InChI is InChI=1S/C16H16NO2/c1-11-6-14(9-17-8-11)12(2)16-7-15(19-3)5-4-13(16)10-18/h4-10,12H,2H2,1,3H3. The van der Waals surface area contributed by atoms with Gasteiger partial charge in [-0.05, 0) is 48.7 Å². The van der Waals surface area contributed by atoms with Crippen molar-refractivity contribution < 1.29 is 9.53 Å². The van der Waals surface area contributed by atoms with Crippen LogP contribution in [0.4, 0.5) is 0 Å². The first-order chi connectivity index (χ1) is 9.15. The van der Waals surface area contributed by atoms with Gasteiger partial charge in [-0.15, -0.1) is 0 Å². The Morgan fingerprint density at radius 2 is 2.11 bits per heavy atom. The van der Waals surface area contributed by atoms with Gasteiger partial charge in [-0.3, -0.25) is 9.78 Å². The van der Waals surface area contributed by atoms with E-state index in [-0.39, 0.29) is 5.92 Å². The van der Waals surface area contributed by atoms with Gasteiger partial charge in [0.15, 0.2) is 0 Å². The Hall–Kier alpha value is -2.16. The molecule has 1 unspecified atom stereocenters. The highest BCUT2D eigenvalue weighted by atomic mass is 16.5. The lowest BCUT2D eigenvalue weighted by Crippen LogP contribution is -2.02. The minimum Gasteiger partial charge on any atom is -0.497 e. The van der Waals surface area contributed by atoms with Gasteiger partial charge >= 0.3 is 0 Å². The highest BCUT2D eigenvalue weighted by molar-refractivity contribution is 5.78. The number of benzene rings is 1. The van der Waals surface area contributed by atoms with E-state index in [0.717, 1.165) is 28.7 Å². The predicted molar refractivity (Wildman–Crippen MR) is 74.6 cm³/mol. The van der Waals surface area contributed by atoms with Crippen molar-refractivity contribution in [2.24, 2.45) is 0 Å². The first-order valence-electron chi connectivity index (χ1n) is 6.03. The summed E-state index contributed by atoms with van der Waals surface area (Å²) >= 11 is 0. The number of carbonyl (C=O) groups excluding carboxylic acids is 1. The molecule has 0 fully saturated rings. The number of methoxy groups -OCH3 is 1. The summed E-state index contributed by atoms with van der Waals surface area (Å²) in [6, 6.07) is 7.40. The molecule has 0 spiro atoms. The zero-order chi connectivity index (χ0) is 13.8. The topological polar surface area (TPSA) is 39.2 Å². The summed E-state index contributed by atoms with van der Waals surface area (Å²) < 4.78 is 5.20. The Morgan fingerprint density at radius 1 is 1.32 bits per heavy atom. The second-order valence-corrected chi connectivity index (χ2v) is 4.46. The Labute approximate surface area is 113 Å². The molecule has 0 bridgehead atoms. The fourth-order valence-electron chi connectivity index (χ4n) is 2.04. The molecule has 0 aliphatic rings. The molecule has 3 heteroatoms. The van der Waals surface area contributed by atoms with Crippen molar-refractivity contribution in [3.63, 3.8) is 0 Å². The number of carbonyl (C=O) groups is 1. The van der Waals surface area contributed by atoms with Crippen LogP contribution in [0.1, 0.15) is 33.0 Å². The van der Waals surface area contributed by atoms with E-state index in [9.17, 15) is 4.79 Å². The van der Waals surface area contributed by atoms with Gasteiger partial charge in [0.05, 0.1) is 7.11 Å². The van der Waals surface area contributed by atoms with Crippen LogP contribution in [0.3, 0.4) is 0 Å². The number of pyridine rings is 1. The minimum absolute atomic E-state index is 0.150. The molecule has 1 heterocycles. The molecular weight excluding hydrogens is 238 g/mol.